The minimum Gasteiger partial charge on any atom is -0.447 e. The number of anilines is 1. The second-order valence-electron chi connectivity index (χ2n) is 7.90. The van der Waals surface area contributed by atoms with Gasteiger partial charge in [-0.2, -0.15) is 0 Å². The Balaban J connectivity index is 1.49. The molecule has 1 saturated heterocycles. The number of nitrogens with zero attached hydrogens (tertiary/aromatic N) is 1. The number of nitrogens with one attached hydrogen (secondary N) is 1. The van der Waals surface area contributed by atoms with Gasteiger partial charge < -0.3 is 15.0 Å². The molecule has 1 saturated carbocycles. The number of para-hydroxylation sites is 1. The molecule has 0 aromatic heterocycles. The summed E-state index contributed by atoms with van der Waals surface area (Å²) in [6.07, 6.45) is 1.77. The second kappa shape index (κ2) is 8.69. The van der Waals surface area contributed by atoms with Crippen molar-refractivity contribution in [1.29, 1.82) is 0 Å². The number of carbonyl (C=O) groups excluding carboxylic acids is 3. The summed E-state index contributed by atoms with van der Waals surface area (Å²) < 4.78 is 5.67. The van der Waals surface area contributed by atoms with Gasteiger partial charge >= 0.3 is 5.97 Å². The van der Waals surface area contributed by atoms with Gasteiger partial charge in [0.15, 0.2) is 0 Å². The van der Waals surface area contributed by atoms with Gasteiger partial charge in [-0.15, -0.1) is 0 Å². The van der Waals surface area contributed by atoms with E-state index in [0.29, 0.717) is 5.56 Å². The van der Waals surface area contributed by atoms with E-state index in [1.165, 1.54) is 0 Å². The van der Waals surface area contributed by atoms with Crippen LogP contribution in [-0.2, 0) is 25.5 Å². The fourth-order valence-corrected chi connectivity index (χ4v) is 3.79. The van der Waals surface area contributed by atoms with Gasteiger partial charge in [-0.25, -0.2) is 0 Å². The van der Waals surface area contributed by atoms with Gasteiger partial charge in [-0.1, -0.05) is 55.5 Å². The van der Waals surface area contributed by atoms with Crippen molar-refractivity contribution in [3.8, 4) is 0 Å². The van der Waals surface area contributed by atoms with E-state index in [2.05, 4.69) is 5.32 Å². The highest BCUT2D eigenvalue weighted by molar-refractivity contribution is 6.00. The first kappa shape index (κ1) is 20.1. The molecule has 2 amide bonds. The second-order valence-corrected chi connectivity index (χ2v) is 7.90. The topological polar surface area (TPSA) is 75.7 Å². The maximum absolute atomic E-state index is 12.9. The van der Waals surface area contributed by atoms with E-state index in [4.69, 9.17) is 4.74 Å². The number of hydrogen-bond donors (Lipinski definition) is 1. The summed E-state index contributed by atoms with van der Waals surface area (Å²) in [5.41, 5.74) is 2.53. The van der Waals surface area contributed by atoms with Gasteiger partial charge in [0.05, 0.1) is 5.92 Å². The average Bonchev–Trinajstić information content (AvgIpc) is 3.50. The van der Waals surface area contributed by atoms with Crippen LogP contribution >= 0.6 is 0 Å². The zero-order chi connectivity index (χ0) is 21.1. The van der Waals surface area contributed by atoms with Crippen LogP contribution in [0.25, 0.3) is 0 Å². The van der Waals surface area contributed by atoms with Crippen LogP contribution in [-0.4, -0.2) is 30.4 Å². The van der Waals surface area contributed by atoms with Gasteiger partial charge in [0.2, 0.25) is 12.0 Å². The van der Waals surface area contributed by atoms with Crippen molar-refractivity contribution in [3.63, 3.8) is 0 Å². The Morgan fingerprint density at radius 2 is 1.80 bits per heavy atom. The number of amides is 2. The summed E-state index contributed by atoms with van der Waals surface area (Å²) in [6, 6.07) is 16.9. The van der Waals surface area contributed by atoms with Crippen LogP contribution in [0.2, 0.25) is 0 Å². The normalized spacial score (nSPS) is 19.4. The van der Waals surface area contributed by atoms with Gasteiger partial charge in [-0.3, -0.25) is 14.4 Å². The molecule has 0 bridgehead atoms. The lowest BCUT2D eigenvalue weighted by Crippen LogP contribution is -2.35. The van der Waals surface area contributed by atoms with Gasteiger partial charge in [0, 0.05) is 30.3 Å². The van der Waals surface area contributed by atoms with Crippen molar-refractivity contribution in [1.82, 2.24) is 5.32 Å². The van der Waals surface area contributed by atoms with Crippen LogP contribution in [0.1, 0.15) is 43.4 Å². The molecule has 1 heterocycles. The molecule has 1 aliphatic carbocycles. The number of benzene rings is 2. The number of hydrogen-bond acceptors (Lipinski definition) is 4. The number of rotatable bonds is 7. The fraction of sp³-hybridized carbons (Fsp3) is 0.375. The first-order valence-electron chi connectivity index (χ1n) is 10.5. The maximum Gasteiger partial charge on any atom is 0.312 e. The molecule has 1 aliphatic heterocycles. The summed E-state index contributed by atoms with van der Waals surface area (Å²) in [5.74, 6) is -1.52. The fourth-order valence-electron chi connectivity index (χ4n) is 3.79. The molecule has 6 heteroatoms. The smallest absolute Gasteiger partial charge is 0.312 e. The third-order valence-corrected chi connectivity index (χ3v) is 5.62. The molecule has 0 unspecified atom stereocenters. The van der Waals surface area contributed by atoms with E-state index in [-0.39, 0.29) is 30.8 Å². The van der Waals surface area contributed by atoms with Gasteiger partial charge in [0.25, 0.3) is 5.91 Å². The molecule has 2 aliphatic rings. The Morgan fingerprint density at radius 3 is 2.50 bits per heavy atom. The largest absolute Gasteiger partial charge is 0.447 e. The van der Waals surface area contributed by atoms with Crippen molar-refractivity contribution in [2.45, 2.75) is 44.8 Å². The molecule has 4 rings (SSSR count). The zero-order valence-electron chi connectivity index (χ0n) is 17.0. The van der Waals surface area contributed by atoms with Crippen molar-refractivity contribution in [3.05, 3.63) is 65.7 Å². The quantitative estimate of drug-likeness (QED) is 0.717. The van der Waals surface area contributed by atoms with Crippen molar-refractivity contribution in [2.75, 3.05) is 11.4 Å². The molecule has 2 aromatic carbocycles. The number of aryl methyl sites for hydroxylation is 1. The monoisotopic (exact) mass is 406 g/mol. The first-order chi connectivity index (χ1) is 14.6. The molecule has 6 nitrogen and oxygen atoms in total. The van der Waals surface area contributed by atoms with Crippen LogP contribution in [0.3, 0.4) is 0 Å². The Morgan fingerprint density at radius 1 is 1.10 bits per heavy atom. The predicted molar refractivity (Wildman–Crippen MR) is 113 cm³/mol. The van der Waals surface area contributed by atoms with Crippen molar-refractivity contribution < 1.29 is 19.1 Å². The van der Waals surface area contributed by atoms with E-state index in [1.807, 2.05) is 49.4 Å². The lowest BCUT2D eigenvalue weighted by Gasteiger charge is -2.21. The lowest BCUT2D eigenvalue weighted by atomic mass is 10.1. The van der Waals surface area contributed by atoms with E-state index in [1.54, 1.807) is 17.0 Å². The van der Waals surface area contributed by atoms with Crippen molar-refractivity contribution in [2.24, 2.45) is 5.92 Å². The van der Waals surface area contributed by atoms with Crippen LogP contribution in [0.5, 0.6) is 0 Å². The molecule has 0 radical (unpaired) electrons. The van der Waals surface area contributed by atoms with E-state index >= 15 is 0 Å². The third kappa shape index (κ3) is 4.37. The number of carbonyl (C=O) groups is 3. The summed E-state index contributed by atoms with van der Waals surface area (Å²) >= 11 is 0. The Hall–Kier alpha value is -3.15. The summed E-state index contributed by atoms with van der Waals surface area (Å²) in [4.78, 5) is 39.9. The Bertz CT molecular complexity index is 939. The Kier molecular flexibility index (Phi) is 5.84. The summed E-state index contributed by atoms with van der Waals surface area (Å²) in [5, 5.41) is 2.91. The zero-order valence-corrected chi connectivity index (χ0v) is 17.0. The highest BCUT2D eigenvalue weighted by Crippen LogP contribution is 2.31. The molecular weight excluding hydrogens is 380 g/mol. The van der Waals surface area contributed by atoms with Crippen LogP contribution in [0.15, 0.2) is 54.6 Å². The molecule has 1 N–H and O–H groups in total. The highest BCUT2D eigenvalue weighted by atomic mass is 16.5. The van der Waals surface area contributed by atoms with Crippen LogP contribution in [0.4, 0.5) is 5.69 Å². The third-order valence-electron chi connectivity index (χ3n) is 5.62. The number of esters is 1. The lowest BCUT2D eigenvalue weighted by molar-refractivity contribution is -0.160. The predicted octanol–water partition coefficient (Wildman–Crippen LogP) is 3.17. The van der Waals surface area contributed by atoms with Gasteiger partial charge in [-0.05, 0) is 30.9 Å². The molecule has 0 spiro atoms. The molecule has 2 atom stereocenters. The number of ether oxygens (including phenoxy) is 1. The maximum atomic E-state index is 12.9. The molecule has 2 fully saturated rings. The van der Waals surface area contributed by atoms with Crippen LogP contribution < -0.4 is 10.2 Å². The molecule has 156 valence electrons. The molecular formula is C24H26N2O4. The van der Waals surface area contributed by atoms with E-state index < -0.39 is 18.0 Å². The standard InChI is InChI=1S/C24H26N2O4/c1-2-16-8-6-7-11-20(16)26-15-18(14-21(26)27)24(29)30-22(17-9-4-3-5-10-17)23(28)25-19-12-13-19/h3-11,18-19,22H,2,12-15H2,1H3,(H,25,28)/t18-,22+/m1/s1. The SMILES string of the molecule is CCc1ccccc1N1C[C@H](C(=O)O[C@H](C(=O)NC2CC2)c2ccccc2)CC1=O. The van der Waals surface area contributed by atoms with Crippen molar-refractivity contribution >= 4 is 23.5 Å². The summed E-state index contributed by atoms with van der Waals surface area (Å²) in [6.45, 7) is 2.30. The average molecular weight is 406 g/mol. The highest BCUT2D eigenvalue weighted by Gasteiger charge is 2.39. The Labute approximate surface area is 176 Å². The first-order valence-corrected chi connectivity index (χ1v) is 10.5. The van der Waals surface area contributed by atoms with E-state index in [9.17, 15) is 14.4 Å². The van der Waals surface area contributed by atoms with Gasteiger partial charge in [0.1, 0.15) is 0 Å². The minimum atomic E-state index is -1.01. The van der Waals surface area contributed by atoms with Crippen LogP contribution in [0, 0.1) is 5.92 Å². The minimum absolute atomic E-state index is 0.0859. The summed E-state index contributed by atoms with van der Waals surface area (Å²) in [7, 11) is 0. The van der Waals surface area contributed by atoms with E-state index in [0.717, 1.165) is 30.5 Å². The molecule has 2 aromatic rings. The molecule has 30 heavy (non-hydrogen) atoms.